The molecule has 1 aromatic carbocycles. The van der Waals surface area contributed by atoms with Crippen LogP contribution in [0.1, 0.15) is 5.56 Å². The van der Waals surface area contributed by atoms with Crippen LogP contribution in [-0.2, 0) is 15.6 Å². The Morgan fingerprint density at radius 3 is 2.33 bits per heavy atom. The highest BCUT2D eigenvalue weighted by molar-refractivity contribution is 6.75. The zero-order valence-electron chi connectivity index (χ0n) is 11.4. The van der Waals surface area contributed by atoms with Crippen LogP contribution in [0.15, 0.2) is 24.3 Å². The number of halogens is 4. The molecule has 1 atom stereocenters. The van der Waals surface area contributed by atoms with Crippen LogP contribution in [-0.4, -0.2) is 49.1 Å². The van der Waals surface area contributed by atoms with Gasteiger partial charge in [-0.1, -0.05) is 29.7 Å². The van der Waals surface area contributed by atoms with Crippen LogP contribution in [0.5, 0.6) is 0 Å². The summed E-state index contributed by atoms with van der Waals surface area (Å²) in [5, 5.41) is 0. The molecule has 1 aliphatic rings. The van der Waals surface area contributed by atoms with E-state index in [9.17, 15) is 22.3 Å². The van der Waals surface area contributed by atoms with Gasteiger partial charge in [0.05, 0.1) is 19.7 Å². The molecule has 1 unspecified atom stereocenters. The molecule has 1 aromatic rings. The summed E-state index contributed by atoms with van der Waals surface area (Å²) in [7, 11) is 3.26. The third-order valence-corrected chi connectivity index (χ3v) is 3.05. The zero-order chi connectivity index (χ0) is 15.8. The fraction of sp³-hybridized carbons (Fsp3) is 0.333. The molecule has 0 N–H and O–H groups in total. The van der Waals surface area contributed by atoms with Crippen molar-refractivity contribution in [2.75, 3.05) is 20.6 Å². The summed E-state index contributed by atoms with van der Waals surface area (Å²) in [4.78, 5) is 12.9. The second kappa shape index (κ2) is 5.05. The molecule has 0 amide bonds. The highest BCUT2D eigenvalue weighted by Crippen LogP contribution is 2.29. The Kier molecular flexibility index (Phi) is 3.69. The van der Waals surface area contributed by atoms with Crippen LogP contribution >= 0.6 is 0 Å². The van der Waals surface area contributed by atoms with Crippen molar-refractivity contribution < 1.29 is 31.4 Å². The Morgan fingerprint density at radius 2 is 1.86 bits per heavy atom. The van der Waals surface area contributed by atoms with Crippen LogP contribution < -0.4 is 5.46 Å². The second-order valence-electron chi connectivity index (χ2n) is 5.01. The maximum atomic E-state index is 15.0. The highest BCUT2D eigenvalue weighted by Gasteiger charge is 2.48. The standard InChI is InChI=1S/C12H13BF4N2O2/c1-18(2)8-19-7-11(20)21-13(19,17)10-5-3-9(4-6-10)12(14,15)16/h3-6,8H,7H2,1-2H3/b19-8+. The maximum Gasteiger partial charge on any atom is 0.567 e. The number of hydrogen-bond acceptors (Lipinski definition) is 2. The smallest absolute Gasteiger partial charge is 0.567 e. The number of alkyl halides is 3. The summed E-state index contributed by atoms with van der Waals surface area (Å²) in [5.41, 5.74) is -1.01. The molecule has 0 bridgehead atoms. The molecule has 0 spiro atoms. The van der Waals surface area contributed by atoms with E-state index in [4.69, 9.17) is 4.65 Å². The van der Waals surface area contributed by atoms with Crippen LogP contribution in [0.25, 0.3) is 0 Å². The topological polar surface area (TPSA) is 32.5 Å². The first-order chi connectivity index (χ1) is 9.63. The molecule has 21 heavy (non-hydrogen) atoms. The average Bonchev–Trinajstić information content (AvgIpc) is 2.63. The Hall–Kier alpha value is -2.06. The minimum Gasteiger partial charge on any atom is -0.619 e. The van der Waals surface area contributed by atoms with E-state index in [-0.39, 0.29) is 12.0 Å². The molecule has 1 aliphatic heterocycles. The highest BCUT2D eigenvalue weighted by atomic mass is 19.4. The minimum absolute atomic E-state index is 0.119. The first-order valence-corrected chi connectivity index (χ1v) is 6.13. The lowest BCUT2D eigenvalue weighted by Crippen LogP contribution is -2.53. The van der Waals surface area contributed by atoms with E-state index in [1.54, 1.807) is 14.1 Å². The molecule has 1 heterocycles. The van der Waals surface area contributed by atoms with Gasteiger partial charge in [-0.25, -0.2) is 0 Å². The minimum atomic E-state index is -4.50. The van der Waals surface area contributed by atoms with E-state index in [0.29, 0.717) is 0 Å². The molecule has 0 aliphatic carbocycles. The van der Waals surface area contributed by atoms with Gasteiger partial charge in [-0.05, 0) is 0 Å². The van der Waals surface area contributed by atoms with Crippen LogP contribution in [0.2, 0.25) is 0 Å². The molecule has 2 rings (SSSR count). The van der Waals surface area contributed by atoms with Gasteiger partial charge in [0, 0.05) is 0 Å². The van der Waals surface area contributed by atoms with E-state index in [1.807, 2.05) is 0 Å². The number of carbonyl (C=O) groups excluding carboxylic acids is 1. The third kappa shape index (κ3) is 3.01. The summed E-state index contributed by atoms with van der Waals surface area (Å²) in [6.07, 6.45) is -3.17. The van der Waals surface area contributed by atoms with Gasteiger partial charge in [-0.3, -0.25) is 9.69 Å². The molecular weight excluding hydrogens is 291 g/mol. The summed E-state index contributed by atoms with van der Waals surface area (Å²) >= 11 is 0. The molecular formula is C12H13BF4N2O2. The second-order valence-corrected chi connectivity index (χ2v) is 5.01. The van der Waals surface area contributed by atoms with Crippen molar-refractivity contribution in [2.24, 2.45) is 0 Å². The molecule has 4 nitrogen and oxygen atoms in total. The van der Waals surface area contributed by atoms with Crippen molar-refractivity contribution in [1.29, 1.82) is 0 Å². The van der Waals surface area contributed by atoms with E-state index < -0.39 is 24.5 Å². The van der Waals surface area contributed by atoms with E-state index in [0.717, 1.165) is 28.8 Å². The lowest BCUT2D eigenvalue weighted by atomic mass is 9.67. The largest absolute Gasteiger partial charge is 0.619 e. The molecule has 0 aromatic heterocycles. The van der Waals surface area contributed by atoms with E-state index in [1.165, 1.54) is 11.2 Å². The van der Waals surface area contributed by atoms with Crippen molar-refractivity contribution in [3.8, 4) is 0 Å². The molecule has 0 radical (unpaired) electrons. The molecule has 1 saturated heterocycles. The maximum absolute atomic E-state index is 15.0. The number of nitrogens with zero attached hydrogens (tertiary/aromatic N) is 2. The van der Waals surface area contributed by atoms with Crippen LogP contribution in [0.4, 0.5) is 17.5 Å². The number of carbonyl (C=O) groups is 1. The predicted octanol–water partition coefficient (Wildman–Crippen LogP) is 0.980. The van der Waals surface area contributed by atoms with Gasteiger partial charge >= 0.3 is 18.9 Å². The summed E-state index contributed by atoms with van der Waals surface area (Å²) in [6, 6.07) is 3.49. The third-order valence-electron chi connectivity index (χ3n) is 3.05. The Balaban J connectivity index is 2.41. The van der Waals surface area contributed by atoms with Crippen molar-refractivity contribution in [3.05, 3.63) is 29.8 Å². The molecule has 9 heteroatoms. The lowest BCUT2D eigenvalue weighted by Gasteiger charge is -2.25. The summed E-state index contributed by atoms with van der Waals surface area (Å²) in [5.74, 6) is -0.768. The Morgan fingerprint density at radius 1 is 1.29 bits per heavy atom. The first-order valence-electron chi connectivity index (χ1n) is 6.13. The van der Waals surface area contributed by atoms with Gasteiger partial charge in [0.1, 0.15) is 6.54 Å². The number of benzene rings is 1. The van der Waals surface area contributed by atoms with E-state index in [2.05, 4.69) is 0 Å². The molecule has 1 fully saturated rings. The average molecular weight is 304 g/mol. The van der Waals surface area contributed by atoms with Gasteiger partial charge in [-0.15, -0.1) is 0 Å². The fourth-order valence-corrected chi connectivity index (χ4v) is 2.14. The van der Waals surface area contributed by atoms with Crippen molar-refractivity contribution in [3.63, 3.8) is 0 Å². The van der Waals surface area contributed by atoms with Crippen molar-refractivity contribution in [1.82, 2.24) is 4.90 Å². The first kappa shape index (κ1) is 15.3. The van der Waals surface area contributed by atoms with Gasteiger partial charge < -0.3 is 13.5 Å². The van der Waals surface area contributed by atoms with Gasteiger partial charge in [-0.2, -0.15) is 13.2 Å². The molecule has 114 valence electrons. The van der Waals surface area contributed by atoms with Crippen molar-refractivity contribution >= 4 is 24.5 Å². The van der Waals surface area contributed by atoms with Crippen LogP contribution in [0, 0.1) is 0 Å². The van der Waals surface area contributed by atoms with Gasteiger partial charge in [0.25, 0.3) is 0 Å². The lowest BCUT2D eigenvalue weighted by molar-refractivity contribution is -0.391. The Bertz CT molecular complexity index is 586. The quantitative estimate of drug-likeness (QED) is 0.464. The number of hydrogen-bond donors (Lipinski definition) is 0. The van der Waals surface area contributed by atoms with Gasteiger partial charge in [0.2, 0.25) is 0 Å². The monoisotopic (exact) mass is 304 g/mol. The van der Waals surface area contributed by atoms with Crippen molar-refractivity contribution in [2.45, 2.75) is 6.18 Å². The summed E-state index contributed by atoms with van der Waals surface area (Å²) < 4.78 is 58.2. The molecule has 0 saturated carbocycles. The van der Waals surface area contributed by atoms with Gasteiger partial charge in [0.15, 0.2) is 6.34 Å². The van der Waals surface area contributed by atoms with E-state index >= 15 is 0 Å². The normalized spacial score (nSPS) is 24.3. The van der Waals surface area contributed by atoms with Crippen LogP contribution in [0.3, 0.4) is 0 Å². The summed E-state index contributed by atoms with van der Waals surface area (Å²) in [6.45, 7) is -3.66. The Labute approximate surface area is 118 Å². The number of rotatable bonds is 2. The predicted molar refractivity (Wildman–Crippen MR) is 68.9 cm³/mol. The SMILES string of the molecule is CN(C)/C=[N+]1\CC(=O)O[B-]1(F)c1ccc(C(F)(F)F)cc1. The zero-order valence-corrected chi connectivity index (χ0v) is 11.4. The fourth-order valence-electron chi connectivity index (χ4n) is 2.14.